The van der Waals surface area contributed by atoms with Crippen molar-refractivity contribution in [3.8, 4) is 0 Å². The zero-order chi connectivity index (χ0) is 15.6. The van der Waals surface area contributed by atoms with Crippen LogP contribution in [0, 0.1) is 0 Å². The Balaban J connectivity index is 1.52. The van der Waals surface area contributed by atoms with Crippen LogP contribution in [0.3, 0.4) is 0 Å². The maximum Gasteiger partial charge on any atom is 0.128 e. The molecule has 23 heavy (non-hydrogen) atoms. The van der Waals surface area contributed by atoms with E-state index in [0.29, 0.717) is 0 Å². The monoisotopic (exact) mass is 307 g/mol. The minimum absolute atomic E-state index is 0.920. The number of nitrogens with zero attached hydrogens (tertiary/aromatic N) is 5. The highest BCUT2D eigenvalue weighted by Gasteiger charge is 2.19. The van der Waals surface area contributed by atoms with Gasteiger partial charge in [0.2, 0.25) is 0 Å². The number of fused-ring (bicyclic) bond motifs is 2. The quantitative estimate of drug-likeness (QED) is 0.743. The van der Waals surface area contributed by atoms with Crippen molar-refractivity contribution < 1.29 is 0 Å². The lowest BCUT2D eigenvalue weighted by molar-refractivity contribution is 0.243. The molecule has 1 aliphatic rings. The van der Waals surface area contributed by atoms with Gasteiger partial charge in [0.05, 0.1) is 11.7 Å². The van der Waals surface area contributed by atoms with Crippen molar-refractivity contribution in [2.75, 3.05) is 6.54 Å². The van der Waals surface area contributed by atoms with Gasteiger partial charge in [0, 0.05) is 61.7 Å². The number of aromatic nitrogens is 4. The molecule has 0 bridgehead atoms. The molecular weight excluding hydrogens is 286 g/mol. The van der Waals surface area contributed by atoms with Crippen LogP contribution < -0.4 is 0 Å². The molecule has 4 rings (SSSR count). The van der Waals surface area contributed by atoms with Crippen molar-refractivity contribution in [2.24, 2.45) is 0 Å². The van der Waals surface area contributed by atoms with Gasteiger partial charge in [-0.1, -0.05) is 13.0 Å². The van der Waals surface area contributed by atoms with E-state index in [1.165, 1.54) is 22.3 Å². The standard InChI is InChI=1S/C18H21N5/c1-2-5-18-19-10-14-12-22(9-7-16(14)21-18)13-15-11-20-23-8-4-3-6-17(15)23/h3-4,6,8,10-11H,2,5,7,9,12-13H2,1H3. The first-order valence-corrected chi connectivity index (χ1v) is 8.31. The molecule has 0 atom stereocenters. The fourth-order valence-corrected chi connectivity index (χ4v) is 3.25. The molecule has 3 aromatic rings. The van der Waals surface area contributed by atoms with Gasteiger partial charge < -0.3 is 0 Å². The summed E-state index contributed by atoms with van der Waals surface area (Å²) in [5.74, 6) is 0.988. The summed E-state index contributed by atoms with van der Waals surface area (Å²) >= 11 is 0. The van der Waals surface area contributed by atoms with Crippen LogP contribution in [0.4, 0.5) is 0 Å². The molecule has 0 unspecified atom stereocenters. The van der Waals surface area contributed by atoms with Crippen molar-refractivity contribution in [3.05, 3.63) is 59.4 Å². The van der Waals surface area contributed by atoms with E-state index in [-0.39, 0.29) is 0 Å². The third-order valence-corrected chi connectivity index (χ3v) is 4.44. The van der Waals surface area contributed by atoms with Crippen molar-refractivity contribution in [1.29, 1.82) is 0 Å². The molecule has 0 saturated carbocycles. The van der Waals surface area contributed by atoms with Crippen LogP contribution in [0.1, 0.15) is 36.0 Å². The topological polar surface area (TPSA) is 46.3 Å². The summed E-state index contributed by atoms with van der Waals surface area (Å²) in [7, 11) is 0. The van der Waals surface area contributed by atoms with E-state index in [2.05, 4.69) is 34.0 Å². The number of pyridine rings is 1. The van der Waals surface area contributed by atoms with Crippen LogP contribution in [0.15, 0.2) is 36.8 Å². The molecule has 5 nitrogen and oxygen atoms in total. The molecule has 5 heteroatoms. The number of aryl methyl sites for hydroxylation is 1. The second kappa shape index (κ2) is 6.08. The molecule has 0 aliphatic carbocycles. The third-order valence-electron chi connectivity index (χ3n) is 4.44. The fourth-order valence-electron chi connectivity index (χ4n) is 3.25. The Morgan fingerprint density at radius 3 is 3.09 bits per heavy atom. The average Bonchev–Trinajstić information content (AvgIpc) is 2.98. The van der Waals surface area contributed by atoms with Crippen LogP contribution in [0.5, 0.6) is 0 Å². The molecule has 1 aliphatic heterocycles. The van der Waals surface area contributed by atoms with Crippen LogP contribution in [0.25, 0.3) is 5.52 Å². The molecule has 0 radical (unpaired) electrons. The number of rotatable bonds is 4. The molecular formula is C18H21N5. The predicted molar refractivity (Wildman–Crippen MR) is 89.0 cm³/mol. The minimum atomic E-state index is 0.920. The summed E-state index contributed by atoms with van der Waals surface area (Å²) in [5, 5.41) is 4.43. The van der Waals surface area contributed by atoms with E-state index in [1.54, 1.807) is 0 Å². The summed E-state index contributed by atoms with van der Waals surface area (Å²) in [4.78, 5) is 11.7. The van der Waals surface area contributed by atoms with E-state index in [9.17, 15) is 0 Å². The van der Waals surface area contributed by atoms with Crippen molar-refractivity contribution >= 4 is 5.52 Å². The van der Waals surface area contributed by atoms with Gasteiger partial charge in [0.25, 0.3) is 0 Å². The highest BCUT2D eigenvalue weighted by molar-refractivity contribution is 5.53. The molecule has 0 N–H and O–H groups in total. The molecule has 0 amide bonds. The molecule has 3 aromatic heterocycles. The van der Waals surface area contributed by atoms with Gasteiger partial charge in [0.15, 0.2) is 0 Å². The molecule has 118 valence electrons. The van der Waals surface area contributed by atoms with Gasteiger partial charge in [-0.05, 0) is 18.6 Å². The average molecular weight is 307 g/mol. The predicted octanol–water partition coefficient (Wildman–Crippen LogP) is 2.64. The fraction of sp³-hybridized carbons (Fsp3) is 0.389. The first-order chi connectivity index (χ1) is 11.3. The lowest BCUT2D eigenvalue weighted by Gasteiger charge is -2.27. The Kier molecular flexibility index (Phi) is 3.79. The Hall–Kier alpha value is -2.27. The minimum Gasteiger partial charge on any atom is -0.294 e. The summed E-state index contributed by atoms with van der Waals surface area (Å²) in [6.45, 7) is 5.05. The first-order valence-electron chi connectivity index (χ1n) is 8.31. The van der Waals surface area contributed by atoms with Crippen LogP contribution in [-0.4, -0.2) is 31.0 Å². The number of hydrogen-bond donors (Lipinski definition) is 0. The van der Waals surface area contributed by atoms with Crippen molar-refractivity contribution in [2.45, 2.75) is 39.3 Å². The molecule has 4 heterocycles. The van der Waals surface area contributed by atoms with E-state index in [1.807, 2.05) is 29.2 Å². The van der Waals surface area contributed by atoms with Gasteiger partial charge in [-0.3, -0.25) is 4.90 Å². The molecule has 0 spiro atoms. The van der Waals surface area contributed by atoms with Gasteiger partial charge >= 0.3 is 0 Å². The normalized spacial score (nSPS) is 15.0. The summed E-state index contributed by atoms with van der Waals surface area (Å²) in [5.41, 5.74) is 4.97. The molecule has 0 fully saturated rings. The van der Waals surface area contributed by atoms with E-state index in [0.717, 1.165) is 44.7 Å². The Morgan fingerprint density at radius 1 is 1.22 bits per heavy atom. The van der Waals surface area contributed by atoms with E-state index >= 15 is 0 Å². The highest BCUT2D eigenvalue weighted by atomic mass is 15.2. The second-order valence-corrected chi connectivity index (χ2v) is 6.17. The van der Waals surface area contributed by atoms with E-state index < -0.39 is 0 Å². The number of hydrogen-bond acceptors (Lipinski definition) is 4. The Labute approximate surface area is 136 Å². The van der Waals surface area contributed by atoms with Gasteiger partial charge in [0.1, 0.15) is 5.82 Å². The smallest absolute Gasteiger partial charge is 0.128 e. The van der Waals surface area contributed by atoms with Crippen LogP contribution in [-0.2, 0) is 25.9 Å². The zero-order valence-corrected chi connectivity index (χ0v) is 13.4. The van der Waals surface area contributed by atoms with Crippen LogP contribution in [0.2, 0.25) is 0 Å². The van der Waals surface area contributed by atoms with Crippen molar-refractivity contribution in [1.82, 2.24) is 24.5 Å². The largest absolute Gasteiger partial charge is 0.294 e. The highest BCUT2D eigenvalue weighted by Crippen LogP contribution is 2.20. The lowest BCUT2D eigenvalue weighted by Crippen LogP contribution is -2.31. The molecule has 0 saturated heterocycles. The Morgan fingerprint density at radius 2 is 2.17 bits per heavy atom. The zero-order valence-electron chi connectivity index (χ0n) is 13.4. The summed E-state index contributed by atoms with van der Waals surface area (Å²) < 4.78 is 1.94. The summed E-state index contributed by atoms with van der Waals surface area (Å²) in [6.07, 6.45) is 9.07. The van der Waals surface area contributed by atoms with Crippen molar-refractivity contribution in [3.63, 3.8) is 0 Å². The second-order valence-electron chi connectivity index (χ2n) is 6.17. The Bertz CT molecular complexity index is 823. The first kappa shape index (κ1) is 14.3. The SMILES string of the molecule is CCCc1ncc2c(n1)CCN(Cc1cnn3ccccc13)C2. The summed E-state index contributed by atoms with van der Waals surface area (Å²) in [6, 6.07) is 6.20. The van der Waals surface area contributed by atoms with Crippen LogP contribution >= 0.6 is 0 Å². The van der Waals surface area contributed by atoms with Gasteiger partial charge in [-0.2, -0.15) is 5.10 Å². The maximum absolute atomic E-state index is 4.73. The lowest BCUT2D eigenvalue weighted by atomic mass is 10.1. The van der Waals surface area contributed by atoms with E-state index in [4.69, 9.17) is 4.98 Å². The third kappa shape index (κ3) is 2.84. The maximum atomic E-state index is 4.73. The molecule has 0 aromatic carbocycles. The van der Waals surface area contributed by atoms with Gasteiger partial charge in [-0.25, -0.2) is 14.5 Å². The van der Waals surface area contributed by atoms with Gasteiger partial charge in [-0.15, -0.1) is 0 Å².